The Morgan fingerprint density at radius 3 is 2.33 bits per heavy atom. The number of rotatable bonds is 3. The van der Waals surface area contributed by atoms with Crippen LogP contribution in [0.25, 0.3) is 0 Å². The van der Waals surface area contributed by atoms with Crippen LogP contribution in [0, 0.1) is 23.5 Å². The van der Waals surface area contributed by atoms with Crippen molar-refractivity contribution in [1.82, 2.24) is 5.32 Å². The van der Waals surface area contributed by atoms with Gasteiger partial charge in [0.2, 0.25) is 0 Å². The Morgan fingerprint density at radius 2 is 1.78 bits per heavy atom. The quantitative estimate of drug-likeness (QED) is 0.857. The molecule has 0 saturated heterocycles. The molecule has 100 valence electrons. The molecule has 0 spiro atoms. The Hall–Kier alpha value is -0.960. The number of hydrogen-bond donors (Lipinski definition) is 1. The van der Waals surface area contributed by atoms with Crippen molar-refractivity contribution >= 4 is 0 Å². The molecular formula is C15H21F2N. The molecule has 1 aliphatic rings. The first kappa shape index (κ1) is 13.5. The maximum absolute atomic E-state index is 13.3. The molecule has 0 aliphatic heterocycles. The van der Waals surface area contributed by atoms with E-state index in [4.69, 9.17) is 0 Å². The van der Waals surface area contributed by atoms with E-state index in [0.29, 0.717) is 5.92 Å². The van der Waals surface area contributed by atoms with Crippen molar-refractivity contribution in [1.29, 1.82) is 0 Å². The molecule has 0 heterocycles. The highest BCUT2D eigenvalue weighted by Gasteiger charge is 2.26. The van der Waals surface area contributed by atoms with Gasteiger partial charge in [-0.25, -0.2) is 8.78 Å². The fourth-order valence-electron chi connectivity index (χ4n) is 3.00. The topological polar surface area (TPSA) is 12.0 Å². The standard InChI is InChI=1S/C15H21F2N/c1-10-3-5-11(6-4-10)15(18-2)12-7-8-13(16)14(17)9-12/h7-11,15,18H,3-6H2,1-2H3. The first-order valence-corrected chi connectivity index (χ1v) is 6.74. The predicted molar refractivity (Wildman–Crippen MR) is 69.3 cm³/mol. The van der Waals surface area contributed by atoms with Gasteiger partial charge in [-0.05, 0) is 49.4 Å². The van der Waals surface area contributed by atoms with Crippen molar-refractivity contribution in [2.24, 2.45) is 11.8 Å². The Labute approximate surface area is 108 Å². The Kier molecular flexibility index (Phi) is 4.33. The highest BCUT2D eigenvalue weighted by molar-refractivity contribution is 5.22. The van der Waals surface area contributed by atoms with Gasteiger partial charge in [-0.3, -0.25) is 0 Å². The summed E-state index contributed by atoms with van der Waals surface area (Å²) in [7, 11) is 1.89. The summed E-state index contributed by atoms with van der Waals surface area (Å²) >= 11 is 0. The van der Waals surface area contributed by atoms with Crippen LogP contribution in [-0.2, 0) is 0 Å². The number of nitrogens with one attached hydrogen (secondary N) is 1. The summed E-state index contributed by atoms with van der Waals surface area (Å²) in [4.78, 5) is 0. The average molecular weight is 253 g/mol. The third-order valence-corrected chi connectivity index (χ3v) is 4.15. The maximum Gasteiger partial charge on any atom is 0.159 e. The normalized spacial score (nSPS) is 26.0. The lowest BCUT2D eigenvalue weighted by Gasteiger charge is -2.33. The summed E-state index contributed by atoms with van der Waals surface area (Å²) in [5, 5.41) is 3.26. The molecule has 1 nitrogen and oxygen atoms in total. The van der Waals surface area contributed by atoms with E-state index in [0.717, 1.165) is 24.3 Å². The van der Waals surface area contributed by atoms with Gasteiger partial charge >= 0.3 is 0 Å². The van der Waals surface area contributed by atoms with Crippen molar-refractivity contribution in [3.05, 3.63) is 35.4 Å². The Morgan fingerprint density at radius 1 is 1.11 bits per heavy atom. The molecule has 1 aliphatic carbocycles. The largest absolute Gasteiger partial charge is 0.313 e. The highest BCUT2D eigenvalue weighted by Crippen LogP contribution is 2.36. The molecule has 1 N–H and O–H groups in total. The lowest BCUT2D eigenvalue weighted by atomic mass is 9.77. The molecule has 1 fully saturated rings. The summed E-state index contributed by atoms with van der Waals surface area (Å²) in [5.74, 6) is -0.206. The van der Waals surface area contributed by atoms with Gasteiger partial charge in [0.25, 0.3) is 0 Å². The van der Waals surface area contributed by atoms with E-state index < -0.39 is 11.6 Å². The summed E-state index contributed by atoms with van der Waals surface area (Å²) in [5.41, 5.74) is 0.857. The first-order chi connectivity index (χ1) is 8.61. The fraction of sp³-hybridized carbons (Fsp3) is 0.600. The fourth-order valence-corrected chi connectivity index (χ4v) is 3.00. The lowest BCUT2D eigenvalue weighted by molar-refractivity contribution is 0.237. The van der Waals surface area contributed by atoms with Crippen molar-refractivity contribution in [3.8, 4) is 0 Å². The van der Waals surface area contributed by atoms with Gasteiger partial charge in [0, 0.05) is 6.04 Å². The molecule has 1 saturated carbocycles. The zero-order valence-corrected chi connectivity index (χ0v) is 11.0. The van der Waals surface area contributed by atoms with E-state index in [2.05, 4.69) is 12.2 Å². The minimum Gasteiger partial charge on any atom is -0.313 e. The van der Waals surface area contributed by atoms with Crippen molar-refractivity contribution in [2.45, 2.75) is 38.6 Å². The predicted octanol–water partition coefficient (Wildman–Crippen LogP) is 4.05. The van der Waals surface area contributed by atoms with Gasteiger partial charge in [-0.1, -0.05) is 25.8 Å². The maximum atomic E-state index is 13.3. The van der Waals surface area contributed by atoms with Crippen molar-refractivity contribution < 1.29 is 8.78 Å². The van der Waals surface area contributed by atoms with Gasteiger partial charge in [0.15, 0.2) is 11.6 Å². The summed E-state index contributed by atoms with van der Waals surface area (Å²) < 4.78 is 26.3. The second-order valence-electron chi connectivity index (χ2n) is 5.46. The molecular weight excluding hydrogens is 232 g/mol. The van der Waals surface area contributed by atoms with Crippen LogP contribution in [0.2, 0.25) is 0 Å². The summed E-state index contributed by atoms with van der Waals surface area (Å²) in [6, 6.07) is 4.37. The molecule has 0 aromatic heterocycles. The molecule has 0 radical (unpaired) electrons. The second kappa shape index (κ2) is 5.79. The van der Waals surface area contributed by atoms with Crippen LogP contribution in [0.4, 0.5) is 8.78 Å². The molecule has 3 heteroatoms. The molecule has 2 rings (SSSR count). The minimum absolute atomic E-state index is 0.132. The van der Waals surface area contributed by atoms with Crippen LogP contribution < -0.4 is 5.32 Å². The minimum atomic E-state index is -0.772. The van der Waals surface area contributed by atoms with E-state index in [1.165, 1.54) is 25.0 Å². The smallest absolute Gasteiger partial charge is 0.159 e. The molecule has 1 aromatic carbocycles. The molecule has 1 unspecified atom stereocenters. The number of hydrogen-bond acceptors (Lipinski definition) is 1. The van der Waals surface area contributed by atoms with Crippen LogP contribution in [0.3, 0.4) is 0 Å². The summed E-state index contributed by atoms with van der Waals surface area (Å²) in [6.07, 6.45) is 4.77. The van der Waals surface area contributed by atoms with Gasteiger partial charge in [0.1, 0.15) is 0 Å². The van der Waals surface area contributed by atoms with Gasteiger partial charge in [-0.15, -0.1) is 0 Å². The van der Waals surface area contributed by atoms with E-state index in [1.807, 2.05) is 7.05 Å². The Bertz CT molecular complexity index is 397. The third kappa shape index (κ3) is 2.89. The average Bonchev–Trinajstić information content (AvgIpc) is 2.37. The van der Waals surface area contributed by atoms with Crippen LogP contribution in [0.5, 0.6) is 0 Å². The monoisotopic (exact) mass is 253 g/mol. The lowest BCUT2D eigenvalue weighted by Crippen LogP contribution is -2.28. The SMILES string of the molecule is CNC(c1ccc(F)c(F)c1)C1CCC(C)CC1. The van der Waals surface area contributed by atoms with E-state index in [9.17, 15) is 8.78 Å². The Balaban J connectivity index is 2.14. The number of halogens is 2. The van der Waals surface area contributed by atoms with Gasteiger partial charge in [0.05, 0.1) is 0 Å². The van der Waals surface area contributed by atoms with Crippen molar-refractivity contribution in [3.63, 3.8) is 0 Å². The summed E-state index contributed by atoms with van der Waals surface area (Å²) in [6.45, 7) is 2.28. The number of benzene rings is 1. The van der Waals surface area contributed by atoms with Crippen LogP contribution >= 0.6 is 0 Å². The van der Waals surface area contributed by atoms with Gasteiger partial charge in [-0.2, -0.15) is 0 Å². The zero-order chi connectivity index (χ0) is 13.1. The van der Waals surface area contributed by atoms with Crippen LogP contribution in [0.15, 0.2) is 18.2 Å². The zero-order valence-electron chi connectivity index (χ0n) is 11.0. The van der Waals surface area contributed by atoms with Crippen LogP contribution in [0.1, 0.15) is 44.2 Å². The van der Waals surface area contributed by atoms with E-state index >= 15 is 0 Å². The van der Waals surface area contributed by atoms with Crippen molar-refractivity contribution in [2.75, 3.05) is 7.05 Å². The second-order valence-corrected chi connectivity index (χ2v) is 5.46. The highest BCUT2D eigenvalue weighted by atomic mass is 19.2. The molecule has 0 amide bonds. The van der Waals surface area contributed by atoms with Crippen LogP contribution in [-0.4, -0.2) is 7.05 Å². The first-order valence-electron chi connectivity index (χ1n) is 6.74. The van der Waals surface area contributed by atoms with Gasteiger partial charge < -0.3 is 5.32 Å². The third-order valence-electron chi connectivity index (χ3n) is 4.15. The van der Waals surface area contributed by atoms with E-state index in [1.54, 1.807) is 6.07 Å². The molecule has 0 bridgehead atoms. The molecule has 1 atom stereocenters. The molecule has 1 aromatic rings. The van der Waals surface area contributed by atoms with E-state index in [-0.39, 0.29) is 6.04 Å². The molecule has 18 heavy (non-hydrogen) atoms.